The van der Waals surface area contributed by atoms with E-state index < -0.39 is 5.41 Å². The Morgan fingerprint density at radius 2 is 2.04 bits per heavy atom. The van der Waals surface area contributed by atoms with Gasteiger partial charge in [0.15, 0.2) is 11.4 Å². The SMILES string of the molecule is CC(C)(C)C(=O)c1c[nH]c2ncc(-c3cn(CCN)c4ccccc34)nc12. The molecule has 3 heterocycles. The van der Waals surface area contributed by atoms with Crippen molar-refractivity contribution in [3.8, 4) is 11.3 Å². The van der Waals surface area contributed by atoms with Crippen LogP contribution in [0.25, 0.3) is 33.3 Å². The molecule has 0 radical (unpaired) electrons. The Hall–Kier alpha value is -2.99. The van der Waals surface area contributed by atoms with Crippen molar-refractivity contribution < 1.29 is 4.79 Å². The van der Waals surface area contributed by atoms with Crippen LogP contribution < -0.4 is 5.73 Å². The minimum Gasteiger partial charge on any atom is -0.346 e. The Kier molecular flexibility index (Phi) is 4.08. The summed E-state index contributed by atoms with van der Waals surface area (Å²) in [4.78, 5) is 25.2. The van der Waals surface area contributed by atoms with Gasteiger partial charge >= 0.3 is 0 Å². The quantitative estimate of drug-likeness (QED) is 0.542. The summed E-state index contributed by atoms with van der Waals surface area (Å²) in [5.41, 5.74) is 9.95. The number of carbonyl (C=O) groups excluding carboxylic acids is 1. The Balaban J connectivity index is 1.91. The molecule has 0 bridgehead atoms. The van der Waals surface area contributed by atoms with Crippen molar-refractivity contribution in [2.75, 3.05) is 6.54 Å². The van der Waals surface area contributed by atoms with Gasteiger partial charge in [0.2, 0.25) is 0 Å². The van der Waals surface area contributed by atoms with Crippen LogP contribution >= 0.6 is 0 Å². The number of nitrogens with two attached hydrogens (primary N) is 1. The predicted molar refractivity (Wildman–Crippen MR) is 108 cm³/mol. The second-order valence-corrected chi connectivity index (χ2v) is 7.78. The molecule has 0 atom stereocenters. The normalized spacial score (nSPS) is 12.1. The first-order valence-electron chi connectivity index (χ1n) is 9.07. The van der Waals surface area contributed by atoms with E-state index >= 15 is 0 Å². The highest BCUT2D eigenvalue weighted by Gasteiger charge is 2.26. The van der Waals surface area contributed by atoms with Crippen molar-refractivity contribution in [2.24, 2.45) is 11.1 Å². The van der Waals surface area contributed by atoms with Gasteiger partial charge in [-0.05, 0) is 6.07 Å². The zero-order chi connectivity index (χ0) is 19.2. The topological polar surface area (TPSA) is 89.6 Å². The number of para-hydroxylation sites is 1. The number of benzene rings is 1. The van der Waals surface area contributed by atoms with Crippen LogP contribution in [-0.2, 0) is 6.54 Å². The monoisotopic (exact) mass is 361 g/mol. The number of ketones is 1. The van der Waals surface area contributed by atoms with Crippen LogP contribution in [0.4, 0.5) is 0 Å². The minimum absolute atomic E-state index is 0.0470. The third-order valence-corrected chi connectivity index (χ3v) is 4.74. The Morgan fingerprint density at radius 1 is 1.26 bits per heavy atom. The maximum absolute atomic E-state index is 12.8. The van der Waals surface area contributed by atoms with Crippen LogP contribution in [0, 0.1) is 5.41 Å². The molecule has 0 saturated carbocycles. The molecule has 4 aromatic rings. The van der Waals surface area contributed by atoms with Crippen LogP contribution in [0.2, 0.25) is 0 Å². The molecule has 0 aliphatic rings. The van der Waals surface area contributed by atoms with E-state index in [1.807, 2.05) is 32.9 Å². The van der Waals surface area contributed by atoms with Gasteiger partial charge in [-0.2, -0.15) is 0 Å². The van der Waals surface area contributed by atoms with Gasteiger partial charge < -0.3 is 15.3 Å². The Labute approximate surface area is 157 Å². The standard InChI is InChI=1S/C21H23N5O/c1-21(2,3)19(27)14-10-23-20-18(14)25-16(11-24-20)15-12-26(9-8-22)17-7-5-4-6-13(15)17/h4-7,10-12H,8-9,22H2,1-3H3,(H,23,24). The molecule has 0 saturated heterocycles. The summed E-state index contributed by atoms with van der Waals surface area (Å²) in [5, 5.41) is 1.10. The van der Waals surface area contributed by atoms with E-state index in [9.17, 15) is 4.79 Å². The van der Waals surface area contributed by atoms with Crippen molar-refractivity contribution in [1.29, 1.82) is 0 Å². The van der Waals surface area contributed by atoms with Crippen molar-refractivity contribution in [3.63, 3.8) is 0 Å². The van der Waals surface area contributed by atoms with Crippen molar-refractivity contribution in [2.45, 2.75) is 27.3 Å². The fraction of sp³-hybridized carbons (Fsp3) is 0.286. The number of H-pyrrole nitrogens is 1. The molecule has 1 aromatic carbocycles. The first-order chi connectivity index (χ1) is 12.9. The third kappa shape index (κ3) is 2.92. The summed E-state index contributed by atoms with van der Waals surface area (Å²) in [7, 11) is 0. The van der Waals surface area contributed by atoms with Gasteiger partial charge in [-0.15, -0.1) is 0 Å². The molecule has 0 spiro atoms. The smallest absolute Gasteiger partial charge is 0.171 e. The van der Waals surface area contributed by atoms with E-state index in [0.717, 1.165) is 28.7 Å². The first kappa shape index (κ1) is 17.4. The van der Waals surface area contributed by atoms with Gasteiger partial charge in [0.1, 0.15) is 5.52 Å². The first-order valence-corrected chi connectivity index (χ1v) is 9.07. The second-order valence-electron chi connectivity index (χ2n) is 7.78. The lowest BCUT2D eigenvalue weighted by Crippen LogP contribution is -2.20. The van der Waals surface area contributed by atoms with Gasteiger partial charge in [0.05, 0.1) is 17.5 Å². The number of rotatable bonds is 4. The van der Waals surface area contributed by atoms with Crippen LogP contribution in [0.3, 0.4) is 0 Å². The lowest BCUT2D eigenvalue weighted by molar-refractivity contribution is 0.0860. The molecule has 27 heavy (non-hydrogen) atoms. The summed E-state index contributed by atoms with van der Waals surface area (Å²) >= 11 is 0. The molecule has 0 fully saturated rings. The summed E-state index contributed by atoms with van der Waals surface area (Å²) in [5.74, 6) is 0.0470. The summed E-state index contributed by atoms with van der Waals surface area (Å²) in [6, 6.07) is 8.17. The number of aromatic amines is 1. The number of hydrogen-bond donors (Lipinski definition) is 2. The Morgan fingerprint density at radius 3 is 2.78 bits per heavy atom. The number of nitrogens with zero attached hydrogens (tertiary/aromatic N) is 3. The molecule has 3 N–H and O–H groups in total. The fourth-order valence-electron chi connectivity index (χ4n) is 3.37. The van der Waals surface area contributed by atoms with Crippen molar-refractivity contribution in [1.82, 2.24) is 19.5 Å². The van der Waals surface area contributed by atoms with E-state index in [2.05, 4.69) is 32.9 Å². The van der Waals surface area contributed by atoms with E-state index in [-0.39, 0.29) is 5.78 Å². The third-order valence-electron chi connectivity index (χ3n) is 4.74. The minimum atomic E-state index is -0.482. The number of nitrogens with one attached hydrogen (secondary N) is 1. The zero-order valence-corrected chi connectivity index (χ0v) is 15.8. The fourth-order valence-corrected chi connectivity index (χ4v) is 3.37. The highest BCUT2D eigenvalue weighted by molar-refractivity contribution is 6.08. The molecule has 6 nitrogen and oxygen atoms in total. The number of carbonyl (C=O) groups is 1. The average Bonchev–Trinajstić information content (AvgIpc) is 3.22. The van der Waals surface area contributed by atoms with E-state index in [1.165, 1.54) is 0 Å². The molecule has 4 rings (SSSR count). The molecule has 0 unspecified atom stereocenters. The molecule has 6 heteroatoms. The highest BCUT2D eigenvalue weighted by atomic mass is 16.1. The number of hydrogen-bond acceptors (Lipinski definition) is 4. The number of Topliss-reactive ketones (excluding diaryl/α,β-unsaturated/α-hetero) is 1. The number of aromatic nitrogens is 4. The second kappa shape index (κ2) is 6.32. The molecule has 3 aromatic heterocycles. The molecule has 0 amide bonds. The maximum Gasteiger partial charge on any atom is 0.171 e. The molecular weight excluding hydrogens is 338 g/mol. The van der Waals surface area contributed by atoms with Crippen molar-refractivity contribution in [3.05, 3.63) is 48.4 Å². The highest BCUT2D eigenvalue weighted by Crippen LogP contribution is 2.31. The predicted octanol–water partition coefficient (Wildman–Crippen LogP) is 3.77. The van der Waals surface area contributed by atoms with Gasteiger partial charge in [0, 0.05) is 47.4 Å². The van der Waals surface area contributed by atoms with E-state index in [0.29, 0.717) is 23.3 Å². The molecule has 0 aliphatic carbocycles. The van der Waals surface area contributed by atoms with Crippen LogP contribution in [0.1, 0.15) is 31.1 Å². The van der Waals surface area contributed by atoms with Crippen LogP contribution in [0.15, 0.2) is 42.9 Å². The van der Waals surface area contributed by atoms with Gasteiger partial charge in [-0.3, -0.25) is 4.79 Å². The summed E-state index contributed by atoms with van der Waals surface area (Å²) < 4.78 is 2.13. The Bertz CT molecular complexity index is 1150. The average molecular weight is 361 g/mol. The van der Waals surface area contributed by atoms with Gasteiger partial charge in [0.25, 0.3) is 0 Å². The number of fused-ring (bicyclic) bond motifs is 2. The van der Waals surface area contributed by atoms with Crippen molar-refractivity contribution >= 4 is 27.9 Å². The largest absolute Gasteiger partial charge is 0.346 e. The lowest BCUT2D eigenvalue weighted by atomic mass is 9.87. The van der Waals surface area contributed by atoms with Gasteiger partial charge in [-0.25, -0.2) is 9.97 Å². The van der Waals surface area contributed by atoms with E-state index in [1.54, 1.807) is 12.4 Å². The summed E-state index contributed by atoms with van der Waals surface area (Å²) in [6.07, 6.45) is 5.52. The maximum atomic E-state index is 12.8. The molecule has 138 valence electrons. The van der Waals surface area contributed by atoms with E-state index in [4.69, 9.17) is 10.7 Å². The zero-order valence-electron chi connectivity index (χ0n) is 15.8. The summed E-state index contributed by atoms with van der Waals surface area (Å²) in [6.45, 7) is 7.02. The molecule has 0 aliphatic heterocycles. The van der Waals surface area contributed by atoms with Gasteiger partial charge in [-0.1, -0.05) is 39.0 Å². The van der Waals surface area contributed by atoms with Crippen LogP contribution in [-0.4, -0.2) is 31.8 Å². The van der Waals surface area contributed by atoms with Crippen LogP contribution in [0.5, 0.6) is 0 Å². The lowest BCUT2D eigenvalue weighted by Gasteiger charge is -2.15. The molecular formula is C21H23N5O.